The van der Waals surface area contributed by atoms with E-state index in [1.165, 1.54) is 13.2 Å². The lowest BCUT2D eigenvalue weighted by molar-refractivity contribution is 0.388. The van der Waals surface area contributed by atoms with Crippen LogP contribution in [0.25, 0.3) is 0 Å². The monoisotopic (exact) mass is 214 g/mol. The molecule has 0 aliphatic carbocycles. The van der Waals surface area contributed by atoms with Gasteiger partial charge in [0, 0.05) is 5.56 Å². The van der Waals surface area contributed by atoms with Gasteiger partial charge in [-0.25, -0.2) is 8.78 Å². The van der Waals surface area contributed by atoms with Crippen LogP contribution in [0.3, 0.4) is 0 Å². The lowest BCUT2D eigenvalue weighted by Crippen LogP contribution is -2.04. The fourth-order valence-corrected chi connectivity index (χ4v) is 1.80. The Hall–Kier alpha value is -1.12. The van der Waals surface area contributed by atoms with Crippen LogP contribution in [-0.4, -0.2) is 7.11 Å². The SMILES string of the molecule is CCC(CC)c1c(OC)ccc(F)c1F. The Balaban J connectivity index is 3.28. The van der Waals surface area contributed by atoms with E-state index in [1.54, 1.807) is 0 Å². The van der Waals surface area contributed by atoms with Crippen LogP contribution in [0.4, 0.5) is 8.78 Å². The highest BCUT2D eigenvalue weighted by Crippen LogP contribution is 2.34. The molecular formula is C12H16F2O. The molecule has 1 aromatic carbocycles. The van der Waals surface area contributed by atoms with Crippen LogP contribution in [0.2, 0.25) is 0 Å². The van der Waals surface area contributed by atoms with Crippen LogP contribution < -0.4 is 4.74 Å². The Morgan fingerprint density at radius 3 is 2.27 bits per heavy atom. The van der Waals surface area contributed by atoms with Crippen molar-refractivity contribution in [3.63, 3.8) is 0 Å². The second-order valence-corrected chi connectivity index (χ2v) is 3.49. The second kappa shape index (κ2) is 5.10. The summed E-state index contributed by atoms with van der Waals surface area (Å²) in [5, 5.41) is 0. The van der Waals surface area contributed by atoms with Crippen LogP contribution in [-0.2, 0) is 0 Å². The summed E-state index contributed by atoms with van der Waals surface area (Å²) in [6.07, 6.45) is 1.54. The van der Waals surface area contributed by atoms with E-state index in [0.717, 1.165) is 18.9 Å². The van der Waals surface area contributed by atoms with Gasteiger partial charge in [-0.2, -0.15) is 0 Å². The van der Waals surface area contributed by atoms with Crippen molar-refractivity contribution >= 4 is 0 Å². The number of methoxy groups -OCH3 is 1. The van der Waals surface area contributed by atoms with Crippen LogP contribution in [0, 0.1) is 11.6 Å². The minimum Gasteiger partial charge on any atom is -0.496 e. The van der Waals surface area contributed by atoms with Crippen LogP contribution in [0.15, 0.2) is 12.1 Å². The van der Waals surface area contributed by atoms with Crippen LogP contribution >= 0.6 is 0 Å². The van der Waals surface area contributed by atoms with E-state index >= 15 is 0 Å². The first-order chi connectivity index (χ1) is 7.15. The van der Waals surface area contributed by atoms with E-state index in [2.05, 4.69) is 0 Å². The van der Waals surface area contributed by atoms with Gasteiger partial charge in [0.2, 0.25) is 0 Å². The van der Waals surface area contributed by atoms with Crippen molar-refractivity contribution in [3.8, 4) is 5.75 Å². The molecule has 0 N–H and O–H groups in total. The maximum atomic E-state index is 13.6. The van der Waals surface area contributed by atoms with Gasteiger partial charge in [-0.05, 0) is 30.9 Å². The zero-order valence-corrected chi connectivity index (χ0v) is 9.31. The molecule has 0 atom stereocenters. The third-order valence-electron chi connectivity index (χ3n) is 2.71. The predicted molar refractivity (Wildman–Crippen MR) is 56.2 cm³/mol. The van der Waals surface area contributed by atoms with Gasteiger partial charge >= 0.3 is 0 Å². The quantitative estimate of drug-likeness (QED) is 0.739. The molecule has 1 rings (SSSR count). The first-order valence-electron chi connectivity index (χ1n) is 5.17. The molecule has 0 saturated heterocycles. The molecule has 1 nitrogen and oxygen atoms in total. The van der Waals surface area contributed by atoms with E-state index in [1.807, 2.05) is 13.8 Å². The lowest BCUT2D eigenvalue weighted by Gasteiger charge is -2.17. The van der Waals surface area contributed by atoms with Gasteiger partial charge in [-0.1, -0.05) is 13.8 Å². The third kappa shape index (κ3) is 2.28. The molecular weight excluding hydrogens is 198 g/mol. The first kappa shape index (κ1) is 12.0. The van der Waals surface area contributed by atoms with Gasteiger partial charge < -0.3 is 4.74 Å². The Kier molecular flexibility index (Phi) is 4.06. The molecule has 0 amide bonds. The van der Waals surface area contributed by atoms with Gasteiger partial charge in [0.15, 0.2) is 11.6 Å². The molecule has 0 fully saturated rings. The van der Waals surface area contributed by atoms with Crippen molar-refractivity contribution in [1.82, 2.24) is 0 Å². The van der Waals surface area contributed by atoms with Gasteiger partial charge in [-0.3, -0.25) is 0 Å². The molecule has 0 aliphatic heterocycles. The predicted octanol–water partition coefficient (Wildman–Crippen LogP) is 3.88. The summed E-state index contributed by atoms with van der Waals surface area (Å²) in [5.41, 5.74) is 0.363. The van der Waals surface area contributed by atoms with Crippen molar-refractivity contribution in [1.29, 1.82) is 0 Å². The topological polar surface area (TPSA) is 9.23 Å². The first-order valence-corrected chi connectivity index (χ1v) is 5.17. The normalized spacial score (nSPS) is 10.8. The highest BCUT2D eigenvalue weighted by molar-refractivity contribution is 5.38. The molecule has 1 aromatic rings. The van der Waals surface area contributed by atoms with Crippen molar-refractivity contribution in [2.75, 3.05) is 7.11 Å². The zero-order chi connectivity index (χ0) is 11.4. The standard InChI is InChI=1S/C12H16F2O/c1-4-8(5-2)11-10(15-3)7-6-9(13)12(11)14/h6-8H,4-5H2,1-3H3. The maximum Gasteiger partial charge on any atom is 0.165 e. The Labute approximate surface area is 89.1 Å². The largest absolute Gasteiger partial charge is 0.496 e. The van der Waals surface area contributed by atoms with E-state index in [0.29, 0.717) is 11.3 Å². The minimum absolute atomic E-state index is 0.00986. The van der Waals surface area contributed by atoms with Crippen LogP contribution in [0.5, 0.6) is 5.75 Å². The summed E-state index contributed by atoms with van der Waals surface area (Å²) in [7, 11) is 1.47. The fourth-order valence-electron chi connectivity index (χ4n) is 1.80. The maximum absolute atomic E-state index is 13.6. The van der Waals surface area contributed by atoms with E-state index in [4.69, 9.17) is 4.74 Å². The van der Waals surface area contributed by atoms with Crippen molar-refractivity contribution in [2.24, 2.45) is 0 Å². The molecule has 0 aliphatic rings. The number of benzene rings is 1. The van der Waals surface area contributed by atoms with Gasteiger partial charge in [-0.15, -0.1) is 0 Å². The van der Waals surface area contributed by atoms with E-state index in [9.17, 15) is 8.78 Å². The fraction of sp³-hybridized carbons (Fsp3) is 0.500. The van der Waals surface area contributed by atoms with Crippen LogP contribution in [0.1, 0.15) is 38.2 Å². The molecule has 0 saturated carbocycles. The number of hydrogen-bond donors (Lipinski definition) is 0. The summed E-state index contributed by atoms with van der Waals surface area (Å²) in [5.74, 6) is -1.14. The summed E-state index contributed by atoms with van der Waals surface area (Å²) in [6, 6.07) is 2.58. The van der Waals surface area contributed by atoms with Crippen molar-refractivity contribution in [2.45, 2.75) is 32.6 Å². The highest BCUT2D eigenvalue weighted by atomic mass is 19.2. The molecule has 0 heterocycles. The van der Waals surface area contributed by atoms with Crippen molar-refractivity contribution < 1.29 is 13.5 Å². The number of rotatable bonds is 4. The summed E-state index contributed by atoms with van der Waals surface area (Å²) in [6.45, 7) is 3.91. The van der Waals surface area contributed by atoms with Gasteiger partial charge in [0.25, 0.3) is 0 Å². The molecule has 3 heteroatoms. The summed E-state index contributed by atoms with van der Waals surface area (Å²) < 4.78 is 31.8. The molecule has 0 unspecified atom stereocenters. The summed E-state index contributed by atoms with van der Waals surface area (Å²) >= 11 is 0. The zero-order valence-electron chi connectivity index (χ0n) is 9.31. The second-order valence-electron chi connectivity index (χ2n) is 3.49. The highest BCUT2D eigenvalue weighted by Gasteiger charge is 2.20. The smallest absolute Gasteiger partial charge is 0.165 e. The minimum atomic E-state index is -0.808. The number of halogens is 2. The van der Waals surface area contributed by atoms with Crippen molar-refractivity contribution in [3.05, 3.63) is 29.3 Å². The van der Waals surface area contributed by atoms with E-state index < -0.39 is 11.6 Å². The molecule has 0 radical (unpaired) electrons. The molecule has 0 aromatic heterocycles. The average Bonchev–Trinajstić information content (AvgIpc) is 2.26. The van der Waals surface area contributed by atoms with Gasteiger partial charge in [0.1, 0.15) is 5.75 Å². The lowest BCUT2D eigenvalue weighted by atomic mass is 9.92. The number of hydrogen-bond acceptors (Lipinski definition) is 1. The molecule has 15 heavy (non-hydrogen) atoms. The Bertz CT molecular complexity index is 333. The Morgan fingerprint density at radius 2 is 1.80 bits per heavy atom. The Morgan fingerprint density at radius 1 is 1.20 bits per heavy atom. The third-order valence-corrected chi connectivity index (χ3v) is 2.71. The molecule has 0 spiro atoms. The van der Waals surface area contributed by atoms with Gasteiger partial charge in [0.05, 0.1) is 7.11 Å². The van der Waals surface area contributed by atoms with E-state index in [-0.39, 0.29) is 5.92 Å². The molecule has 84 valence electrons. The summed E-state index contributed by atoms with van der Waals surface area (Å²) in [4.78, 5) is 0. The average molecular weight is 214 g/mol. The molecule has 0 bridgehead atoms. The number of ether oxygens (including phenoxy) is 1.